The van der Waals surface area contributed by atoms with E-state index in [1.165, 1.54) is 18.8 Å². The van der Waals surface area contributed by atoms with Gasteiger partial charge in [0, 0.05) is 30.5 Å². The molecule has 11 heteroatoms. The molecule has 0 radical (unpaired) electrons. The van der Waals surface area contributed by atoms with Crippen molar-refractivity contribution in [1.29, 1.82) is 0 Å². The van der Waals surface area contributed by atoms with Crippen LogP contribution in [-0.2, 0) is 19.3 Å². The number of nitrogens with zero attached hydrogens (tertiary/aromatic N) is 6. The Kier molecular flexibility index (Phi) is 6.05. The van der Waals surface area contributed by atoms with Gasteiger partial charge in [-0.3, -0.25) is 13.9 Å². The van der Waals surface area contributed by atoms with Gasteiger partial charge in [-0.15, -0.1) is 0 Å². The quantitative estimate of drug-likeness (QED) is 0.306. The molecule has 0 atom stereocenters. The van der Waals surface area contributed by atoms with Gasteiger partial charge in [-0.2, -0.15) is 16.3 Å². The molecule has 0 unspecified atom stereocenters. The van der Waals surface area contributed by atoms with Gasteiger partial charge in [0.05, 0.1) is 5.75 Å². The number of fused-ring (bicyclic) bond motifs is 1. The molecule has 0 N–H and O–H groups in total. The zero-order valence-corrected chi connectivity index (χ0v) is 19.3. The minimum Gasteiger partial charge on any atom is -0.338 e. The lowest BCUT2D eigenvalue weighted by molar-refractivity contribution is 0.391. The lowest BCUT2D eigenvalue weighted by Crippen LogP contribution is -2.39. The van der Waals surface area contributed by atoms with Gasteiger partial charge >= 0.3 is 5.69 Å². The van der Waals surface area contributed by atoms with Crippen LogP contribution in [0.15, 0.2) is 36.0 Å². The average Bonchev–Trinajstić information content (AvgIpc) is 3.44. The van der Waals surface area contributed by atoms with Gasteiger partial charge in [0.1, 0.15) is 16.2 Å². The van der Waals surface area contributed by atoms with E-state index in [-0.39, 0.29) is 11.6 Å². The molecular formula is C20H22N6O3S2. The van der Waals surface area contributed by atoms with Crippen LogP contribution in [0.4, 0.5) is 0 Å². The van der Waals surface area contributed by atoms with Crippen molar-refractivity contribution in [3.8, 4) is 11.4 Å². The van der Waals surface area contributed by atoms with E-state index in [0.29, 0.717) is 45.9 Å². The smallest absolute Gasteiger partial charge is 0.332 e. The van der Waals surface area contributed by atoms with Crippen LogP contribution in [-0.4, -0.2) is 29.2 Å². The number of aromatic nitrogens is 6. The molecular weight excluding hydrogens is 436 g/mol. The molecule has 4 heterocycles. The zero-order valence-electron chi connectivity index (χ0n) is 17.7. The molecule has 4 rings (SSSR count). The van der Waals surface area contributed by atoms with E-state index in [9.17, 15) is 9.59 Å². The molecule has 0 saturated heterocycles. The van der Waals surface area contributed by atoms with E-state index in [1.807, 2.05) is 37.6 Å². The summed E-state index contributed by atoms with van der Waals surface area (Å²) in [7, 11) is 1.48. The van der Waals surface area contributed by atoms with E-state index in [4.69, 9.17) is 4.52 Å². The van der Waals surface area contributed by atoms with Gasteiger partial charge in [0.25, 0.3) is 5.56 Å². The SMILES string of the molecule is CCCn1c(=O)n(C)c(=O)c2c(SCc3nc(-c4ccsc4)no3)nc(C(C)C)nc21. The molecule has 0 aliphatic carbocycles. The highest BCUT2D eigenvalue weighted by molar-refractivity contribution is 7.98. The van der Waals surface area contributed by atoms with Crippen molar-refractivity contribution in [3.05, 3.63) is 49.4 Å². The van der Waals surface area contributed by atoms with Gasteiger partial charge in [0.15, 0.2) is 5.65 Å². The Bertz CT molecular complexity index is 1340. The highest BCUT2D eigenvalue weighted by Gasteiger charge is 2.20. The third-order valence-corrected chi connectivity index (χ3v) is 6.35. The minimum absolute atomic E-state index is 0.0339. The van der Waals surface area contributed by atoms with Crippen molar-refractivity contribution >= 4 is 34.1 Å². The molecule has 0 bridgehead atoms. The molecule has 4 aromatic rings. The third-order valence-electron chi connectivity index (χ3n) is 4.71. The Morgan fingerprint density at radius 3 is 2.71 bits per heavy atom. The summed E-state index contributed by atoms with van der Waals surface area (Å²) < 4.78 is 8.04. The highest BCUT2D eigenvalue weighted by Crippen LogP contribution is 2.28. The third kappa shape index (κ3) is 4.07. The van der Waals surface area contributed by atoms with E-state index in [0.717, 1.165) is 16.6 Å². The zero-order chi connectivity index (χ0) is 22.1. The molecule has 0 fully saturated rings. The fourth-order valence-corrected chi connectivity index (χ4v) is 4.59. The molecule has 0 aliphatic rings. The lowest BCUT2D eigenvalue weighted by atomic mass is 10.2. The fraction of sp³-hybridized carbons (Fsp3) is 0.400. The predicted octanol–water partition coefficient (Wildman–Crippen LogP) is 3.43. The van der Waals surface area contributed by atoms with Crippen molar-refractivity contribution in [2.24, 2.45) is 7.05 Å². The van der Waals surface area contributed by atoms with Crippen LogP contribution in [0.5, 0.6) is 0 Å². The number of thioether (sulfide) groups is 1. The molecule has 0 spiro atoms. The normalized spacial score (nSPS) is 11.6. The van der Waals surface area contributed by atoms with Crippen LogP contribution in [0.25, 0.3) is 22.4 Å². The number of hydrogen-bond donors (Lipinski definition) is 0. The fourth-order valence-electron chi connectivity index (χ4n) is 3.09. The standard InChI is InChI=1S/C20H22N6O3S2/c1-5-7-26-17-14(19(27)25(4)20(26)28)18(23-15(22-17)11(2)3)31-10-13-21-16(24-29-13)12-6-8-30-9-12/h6,8-9,11H,5,7,10H2,1-4H3. The van der Waals surface area contributed by atoms with E-state index >= 15 is 0 Å². The van der Waals surface area contributed by atoms with Gasteiger partial charge < -0.3 is 4.52 Å². The van der Waals surface area contributed by atoms with Gasteiger partial charge in [0.2, 0.25) is 11.7 Å². The van der Waals surface area contributed by atoms with Crippen molar-refractivity contribution in [2.45, 2.75) is 50.4 Å². The van der Waals surface area contributed by atoms with Crippen molar-refractivity contribution in [1.82, 2.24) is 29.2 Å². The van der Waals surface area contributed by atoms with Gasteiger partial charge in [-0.05, 0) is 17.9 Å². The second-order valence-electron chi connectivity index (χ2n) is 7.35. The molecule has 0 aromatic carbocycles. The van der Waals surface area contributed by atoms with Crippen LogP contribution in [0.3, 0.4) is 0 Å². The summed E-state index contributed by atoms with van der Waals surface area (Å²) in [5.74, 6) is 1.92. The summed E-state index contributed by atoms with van der Waals surface area (Å²) in [6, 6.07) is 1.93. The maximum atomic E-state index is 13.0. The first-order valence-corrected chi connectivity index (χ1v) is 11.8. The Balaban J connectivity index is 1.79. The first-order chi connectivity index (χ1) is 14.9. The lowest BCUT2D eigenvalue weighted by Gasteiger charge is -2.14. The average molecular weight is 459 g/mol. The second kappa shape index (κ2) is 8.75. The summed E-state index contributed by atoms with van der Waals surface area (Å²) in [6.07, 6.45) is 0.740. The predicted molar refractivity (Wildman–Crippen MR) is 121 cm³/mol. The Labute approximate surface area is 186 Å². The number of aryl methyl sites for hydroxylation is 1. The van der Waals surface area contributed by atoms with Crippen LogP contribution >= 0.6 is 23.1 Å². The summed E-state index contributed by atoms with van der Waals surface area (Å²) in [4.78, 5) is 39.3. The molecule has 9 nitrogen and oxygen atoms in total. The molecule has 162 valence electrons. The van der Waals surface area contributed by atoms with Crippen LogP contribution in [0, 0.1) is 0 Å². The van der Waals surface area contributed by atoms with E-state index in [1.54, 1.807) is 15.9 Å². The molecule has 0 aliphatic heterocycles. The topological polar surface area (TPSA) is 109 Å². The second-order valence-corrected chi connectivity index (χ2v) is 9.10. The molecule has 4 aromatic heterocycles. The van der Waals surface area contributed by atoms with E-state index < -0.39 is 5.56 Å². The summed E-state index contributed by atoms with van der Waals surface area (Å²) in [6.45, 7) is 6.40. The maximum absolute atomic E-state index is 13.0. The number of hydrogen-bond acceptors (Lipinski definition) is 9. The van der Waals surface area contributed by atoms with E-state index in [2.05, 4.69) is 20.1 Å². The van der Waals surface area contributed by atoms with Gasteiger partial charge in [-0.1, -0.05) is 37.7 Å². The monoisotopic (exact) mass is 458 g/mol. The number of thiophene rings is 1. The summed E-state index contributed by atoms with van der Waals surface area (Å²) in [5, 5.41) is 8.77. The molecule has 31 heavy (non-hydrogen) atoms. The maximum Gasteiger partial charge on any atom is 0.332 e. The van der Waals surface area contributed by atoms with Crippen molar-refractivity contribution < 1.29 is 4.52 Å². The van der Waals surface area contributed by atoms with Crippen LogP contribution < -0.4 is 11.2 Å². The van der Waals surface area contributed by atoms with Gasteiger partial charge in [-0.25, -0.2) is 14.8 Å². The first kappa shape index (κ1) is 21.4. The first-order valence-electron chi connectivity index (χ1n) is 9.90. The Hall–Kier alpha value is -2.79. The van der Waals surface area contributed by atoms with Crippen LogP contribution in [0.2, 0.25) is 0 Å². The summed E-state index contributed by atoms with van der Waals surface area (Å²) in [5.41, 5.74) is 0.494. The Morgan fingerprint density at radius 1 is 1.23 bits per heavy atom. The van der Waals surface area contributed by atoms with Crippen molar-refractivity contribution in [2.75, 3.05) is 0 Å². The summed E-state index contributed by atoms with van der Waals surface area (Å²) >= 11 is 2.89. The minimum atomic E-state index is -0.408. The number of rotatable bonds is 7. The van der Waals surface area contributed by atoms with Crippen LogP contribution in [0.1, 0.15) is 44.8 Å². The van der Waals surface area contributed by atoms with Crippen molar-refractivity contribution in [3.63, 3.8) is 0 Å². The largest absolute Gasteiger partial charge is 0.338 e. The highest BCUT2D eigenvalue weighted by atomic mass is 32.2. The molecule has 0 saturated carbocycles. The molecule has 0 amide bonds. The Morgan fingerprint density at radius 2 is 2.03 bits per heavy atom.